The Balaban J connectivity index is 3.06. The van der Waals surface area contributed by atoms with Gasteiger partial charge in [0.25, 0.3) is 0 Å². The number of ether oxygens (including phenoxy) is 3. The third-order valence-corrected chi connectivity index (χ3v) is 2.91. The van der Waals surface area contributed by atoms with Crippen molar-refractivity contribution in [1.82, 2.24) is 4.90 Å². The lowest BCUT2D eigenvalue weighted by Crippen LogP contribution is -2.36. The highest BCUT2D eigenvalue weighted by atomic mass is 16.6. The summed E-state index contributed by atoms with van der Waals surface area (Å²) in [6.45, 7) is 5.32. The summed E-state index contributed by atoms with van der Waals surface area (Å²) in [5.41, 5.74) is -0.00309. The fourth-order valence-corrected chi connectivity index (χ4v) is 1.85. The molecule has 1 atom stereocenters. The van der Waals surface area contributed by atoms with Crippen molar-refractivity contribution in [3.8, 4) is 17.6 Å². The average molecular weight is 306 g/mol. The molecule has 0 N–H and O–H groups in total. The first-order valence-electron chi connectivity index (χ1n) is 6.81. The molecule has 22 heavy (non-hydrogen) atoms. The number of carbonyl (C=O) groups is 1. The van der Waals surface area contributed by atoms with E-state index >= 15 is 0 Å². The highest BCUT2D eigenvalue weighted by Gasteiger charge is 2.27. The zero-order valence-corrected chi connectivity index (χ0v) is 13.8. The minimum Gasteiger partial charge on any atom is -0.493 e. The van der Waals surface area contributed by atoms with Crippen molar-refractivity contribution in [3.63, 3.8) is 0 Å². The Morgan fingerprint density at radius 3 is 2.27 bits per heavy atom. The van der Waals surface area contributed by atoms with Gasteiger partial charge in [-0.05, 0) is 38.5 Å². The third kappa shape index (κ3) is 4.29. The van der Waals surface area contributed by atoms with Crippen LogP contribution in [-0.2, 0) is 4.74 Å². The number of amides is 1. The standard InChI is InChI=1S/C16H22N2O4/c1-16(2,3)22-15(19)18(4)12(10-17)11-7-8-13(20-5)14(9-11)21-6/h7-9,12H,1-6H3. The van der Waals surface area contributed by atoms with Crippen molar-refractivity contribution in [2.75, 3.05) is 21.3 Å². The van der Waals surface area contributed by atoms with Crippen LogP contribution in [0.2, 0.25) is 0 Å². The normalized spacial score (nSPS) is 12.0. The molecule has 0 fully saturated rings. The van der Waals surface area contributed by atoms with Crippen LogP contribution in [0, 0.1) is 11.3 Å². The summed E-state index contributed by atoms with van der Waals surface area (Å²) < 4.78 is 15.7. The smallest absolute Gasteiger partial charge is 0.411 e. The molecule has 6 nitrogen and oxygen atoms in total. The Kier molecular flexibility index (Phi) is 5.63. The molecule has 0 radical (unpaired) electrons. The molecule has 0 aliphatic heterocycles. The lowest BCUT2D eigenvalue weighted by molar-refractivity contribution is 0.0258. The van der Waals surface area contributed by atoms with E-state index in [1.165, 1.54) is 26.2 Å². The lowest BCUT2D eigenvalue weighted by atomic mass is 10.1. The van der Waals surface area contributed by atoms with Gasteiger partial charge in [-0.3, -0.25) is 4.90 Å². The second kappa shape index (κ2) is 7.03. The topological polar surface area (TPSA) is 71.8 Å². The summed E-state index contributed by atoms with van der Waals surface area (Å²) in [6, 6.07) is 6.41. The predicted octanol–water partition coefficient (Wildman–Crippen LogP) is 3.14. The van der Waals surface area contributed by atoms with Gasteiger partial charge in [0.15, 0.2) is 11.5 Å². The fourth-order valence-electron chi connectivity index (χ4n) is 1.85. The summed E-state index contributed by atoms with van der Waals surface area (Å²) in [5, 5.41) is 9.42. The first-order valence-corrected chi connectivity index (χ1v) is 6.81. The van der Waals surface area contributed by atoms with Crippen LogP contribution in [0.4, 0.5) is 4.79 Å². The molecule has 1 aromatic rings. The second-order valence-corrected chi connectivity index (χ2v) is 5.74. The summed E-state index contributed by atoms with van der Waals surface area (Å²) in [6.07, 6.45) is -0.561. The van der Waals surface area contributed by atoms with Gasteiger partial charge < -0.3 is 14.2 Å². The molecule has 0 aliphatic carbocycles. The zero-order valence-electron chi connectivity index (χ0n) is 13.8. The molecule has 0 aliphatic rings. The second-order valence-electron chi connectivity index (χ2n) is 5.74. The molecule has 0 saturated carbocycles. The largest absolute Gasteiger partial charge is 0.493 e. The Morgan fingerprint density at radius 2 is 1.82 bits per heavy atom. The minimum absolute atomic E-state index is 0.498. The van der Waals surface area contributed by atoms with Gasteiger partial charge in [0, 0.05) is 7.05 Å². The summed E-state index contributed by atoms with van der Waals surface area (Å²) in [5.74, 6) is 1.06. The van der Waals surface area contributed by atoms with Gasteiger partial charge in [0.1, 0.15) is 11.6 Å². The molecule has 0 heterocycles. The van der Waals surface area contributed by atoms with Crippen molar-refractivity contribution < 1.29 is 19.0 Å². The first kappa shape index (κ1) is 17.6. The maximum Gasteiger partial charge on any atom is 0.411 e. The SMILES string of the molecule is COc1ccc(C(C#N)N(C)C(=O)OC(C)(C)C)cc1OC. The van der Waals surface area contributed by atoms with Crippen LogP contribution in [0.5, 0.6) is 11.5 Å². The van der Waals surface area contributed by atoms with E-state index in [0.717, 1.165) is 0 Å². The number of hydrogen-bond acceptors (Lipinski definition) is 5. The highest BCUT2D eigenvalue weighted by Crippen LogP contribution is 2.31. The molecule has 1 aromatic carbocycles. The number of nitrogens with zero attached hydrogens (tertiary/aromatic N) is 2. The van der Waals surface area contributed by atoms with Gasteiger partial charge in [-0.15, -0.1) is 0 Å². The van der Waals surface area contributed by atoms with E-state index in [0.29, 0.717) is 17.1 Å². The third-order valence-electron chi connectivity index (χ3n) is 2.91. The summed E-state index contributed by atoms with van der Waals surface area (Å²) >= 11 is 0. The van der Waals surface area contributed by atoms with Crippen molar-refractivity contribution >= 4 is 6.09 Å². The van der Waals surface area contributed by atoms with Crippen LogP contribution in [0.25, 0.3) is 0 Å². The van der Waals surface area contributed by atoms with Crippen LogP contribution in [-0.4, -0.2) is 37.9 Å². The van der Waals surface area contributed by atoms with E-state index in [-0.39, 0.29) is 0 Å². The molecule has 0 bridgehead atoms. The van der Waals surface area contributed by atoms with Crippen LogP contribution in [0.3, 0.4) is 0 Å². The number of benzene rings is 1. The van der Waals surface area contributed by atoms with Gasteiger partial charge in [0.05, 0.1) is 20.3 Å². The van der Waals surface area contributed by atoms with Crippen LogP contribution >= 0.6 is 0 Å². The van der Waals surface area contributed by atoms with E-state index in [1.54, 1.807) is 39.0 Å². The number of rotatable bonds is 4. The molecule has 0 aromatic heterocycles. The van der Waals surface area contributed by atoms with E-state index in [1.807, 2.05) is 0 Å². The van der Waals surface area contributed by atoms with E-state index in [4.69, 9.17) is 14.2 Å². The van der Waals surface area contributed by atoms with Crippen LogP contribution < -0.4 is 9.47 Å². The molecule has 120 valence electrons. The minimum atomic E-state index is -0.783. The number of nitriles is 1. The molecule has 0 saturated heterocycles. The van der Waals surface area contributed by atoms with Gasteiger partial charge in [-0.25, -0.2) is 4.79 Å². The molecule has 0 spiro atoms. The van der Waals surface area contributed by atoms with Gasteiger partial charge >= 0.3 is 6.09 Å². The average Bonchev–Trinajstić information content (AvgIpc) is 2.45. The van der Waals surface area contributed by atoms with Gasteiger partial charge in [-0.2, -0.15) is 5.26 Å². The van der Waals surface area contributed by atoms with Crippen molar-refractivity contribution in [2.24, 2.45) is 0 Å². The summed E-state index contributed by atoms with van der Waals surface area (Å²) in [4.78, 5) is 13.4. The van der Waals surface area contributed by atoms with Crippen molar-refractivity contribution in [3.05, 3.63) is 23.8 Å². The van der Waals surface area contributed by atoms with Gasteiger partial charge in [0.2, 0.25) is 0 Å². The first-order chi connectivity index (χ1) is 10.2. The molecule has 1 rings (SSSR count). The van der Waals surface area contributed by atoms with Crippen molar-refractivity contribution in [1.29, 1.82) is 5.26 Å². The maximum atomic E-state index is 12.1. The van der Waals surface area contributed by atoms with Crippen LogP contribution in [0.15, 0.2) is 18.2 Å². The number of methoxy groups -OCH3 is 2. The van der Waals surface area contributed by atoms with Crippen molar-refractivity contribution in [2.45, 2.75) is 32.4 Å². The lowest BCUT2D eigenvalue weighted by Gasteiger charge is -2.27. The van der Waals surface area contributed by atoms with E-state index in [9.17, 15) is 10.1 Å². The molecule has 6 heteroatoms. The van der Waals surface area contributed by atoms with Crippen LogP contribution in [0.1, 0.15) is 32.4 Å². The Morgan fingerprint density at radius 1 is 1.23 bits per heavy atom. The summed E-state index contributed by atoms with van der Waals surface area (Å²) in [7, 11) is 4.57. The monoisotopic (exact) mass is 306 g/mol. The molecule has 1 unspecified atom stereocenters. The number of carbonyl (C=O) groups excluding carboxylic acids is 1. The van der Waals surface area contributed by atoms with Gasteiger partial charge in [-0.1, -0.05) is 6.07 Å². The Labute approximate surface area is 131 Å². The maximum absolute atomic E-state index is 12.1. The Hall–Kier alpha value is -2.42. The quantitative estimate of drug-likeness (QED) is 0.854. The number of hydrogen-bond donors (Lipinski definition) is 0. The van der Waals surface area contributed by atoms with E-state index < -0.39 is 17.7 Å². The van der Waals surface area contributed by atoms with E-state index in [2.05, 4.69) is 6.07 Å². The molecular formula is C16H22N2O4. The molecular weight excluding hydrogens is 284 g/mol. The fraction of sp³-hybridized carbons (Fsp3) is 0.500. The predicted molar refractivity (Wildman–Crippen MR) is 81.9 cm³/mol. The highest BCUT2D eigenvalue weighted by molar-refractivity contribution is 5.69. The Bertz CT molecular complexity index is 572. The zero-order chi connectivity index (χ0) is 16.9. The molecule has 1 amide bonds.